The van der Waals surface area contributed by atoms with Gasteiger partial charge in [-0.3, -0.25) is 4.79 Å². The molecule has 0 spiro atoms. The Kier molecular flexibility index (Phi) is 4.83. The van der Waals surface area contributed by atoms with E-state index in [2.05, 4.69) is 21.2 Å². The van der Waals surface area contributed by atoms with Crippen molar-refractivity contribution in [1.29, 1.82) is 0 Å². The highest BCUT2D eigenvalue weighted by Gasteiger charge is 2.40. The largest absolute Gasteiger partial charge is 0.352 e. The van der Waals surface area contributed by atoms with E-state index in [-0.39, 0.29) is 23.7 Å². The third kappa shape index (κ3) is 3.35. The van der Waals surface area contributed by atoms with Gasteiger partial charge in [-0.1, -0.05) is 12.5 Å². The van der Waals surface area contributed by atoms with Crippen molar-refractivity contribution >= 4 is 21.8 Å². The van der Waals surface area contributed by atoms with Crippen LogP contribution in [0, 0.1) is 23.6 Å². The summed E-state index contributed by atoms with van der Waals surface area (Å²) in [6, 6.07) is 5.22. The van der Waals surface area contributed by atoms with Crippen molar-refractivity contribution in [3.63, 3.8) is 0 Å². The van der Waals surface area contributed by atoms with Crippen molar-refractivity contribution in [2.24, 2.45) is 23.5 Å². The summed E-state index contributed by atoms with van der Waals surface area (Å²) in [6.45, 7) is 0.376. The molecular weight excluding hydrogens is 347 g/mol. The number of hydrogen-bond acceptors (Lipinski definition) is 2. The molecule has 22 heavy (non-hydrogen) atoms. The predicted molar refractivity (Wildman–Crippen MR) is 87.5 cm³/mol. The van der Waals surface area contributed by atoms with Crippen LogP contribution in [-0.2, 0) is 11.3 Å². The predicted octanol–water partition coefficient (Wildman–Crippen LogP) is 3.36. The number of nitrogens with one attached hydrogen (secondary N) is 1. The summed E-state index contributed by atoms with van der Waals surface area (Å²) in [6.07, 6.45) is 5.35. The van der Waals surface area contributed by atoms with Gasteiger partial charge in [0.25, 0.3) is 0 Å². The van der Waals surface area contributed by atoms with Gasteiger partial charge in [-0.15, -0.1) is 0 Å². The minimum absolute atomic E-state index is 0.0652. The zero-order valence-corrected chi connectivity index (χ0v) is 14.1. The maximum absolute atomic E-state index is 13.5. The second kappa shape index (κ2) is 6.67. The maximum atomic E-state index is 13.5. The van der Waals surface area contributed by atoms with Gasteiger partial charge in [0.05, 0.1) is 4.47 Å². The second-order valence-corrected chi connectivity index (χ2v) is 7.52. The first-order valence-electron chi connectivity index (χ1n) is 8.02. The van der Waals surface area contributed by atoms with Crippen LogP contribution in [0.2, 0.25) is 0 Å². The fourth-order valence-corrected chi connectivity index (χ4v) is 4.23. The quantitative estimate of drug-likeness (QED) is 0.859. The summed E-state index contributed by atoms with van der Waals surface area (Å²) in [7, 11) is 0. The second-order valence-electron chi connectivity index (χ2n) is 6.66. The smallest absolute Gasteiger partial charge is 0.223 e. The summed E-state index contributed by atoms with van der Waals surface area (Å²) >= 11 is 3.13. The number of hydrogen-bond donors (Lipinski definition) is 2. The number of rotatable bonds is 3. The fourth-order valence-electron chi connectivity index (χ4n) is 3.99. The molecule has 3 rings (SSSR count). The first-order chi connectivity index (χ1) is 10.5. The first-order valence-corrected chi connectivity index (χ1v) is 8.81. The summed E-state index contributed by atoms with van der Waals surface area (Å²) in [5.41, 5.74) is 7.04. The molecule has 2 bridgehead atoms. The lowest BCUT2D eigenvalue weighted by Crippen LogP contribution is -2.49. The van der Waals surface area contributed by atoms with Crippen LogP contribution >= 0.6 is 15.9 Å². The molecule has 0 heterocycles. The van der Waals surface area contributed by atoms with Gasteiger partial charge in [-0.2, -0.15) is 0 Å². The van der Waals surface area contributed by atoms with Crippen LogP contribution in [0.3, 0.4) is 0 Å². The normalized spacial score (nSPS) is 30.9. The Morgan fingerprint density at radius 2 is 2.00 bits per heavy atom. The number of carbonyl (C=O) groups is 1. The summed E-state index contributed by atoms with van der Waals surface area (Å²) < 4.78 is 13.9. The average molecular weight is 369 g/mol. The molecule has 2 saturated carbocycles. The van der Waals surface area contributed by atoms with Gasteiger partial charge in [-0.25, -0.2) is 4.39 Å². The molecule has 3 nitrogen and oxygen atoms in total. The molecule has 5 heteroatoms. The van der Waals surface area contributed by atoms with E-state index >= 15 is 0 Å². The van der Waals surface area contributed by atoms with Crippen LogP contribution in [0.15, 0.2) is 22.7 Å². The first kappa shape index (κ1) is 15.9. The lowest BCUT2D eigenvalue weighted by atomic mass is 9.65. The van der Waals surface area contributed by atoms with Gasteiger partial charge in [0.15, 0.2) is 0 Å². The van der Waals surface area contributed by atoms with E-state index in [0.29, 0.717) is 22.9 Å². The molecule has 2 atom stereocenters. The number of benzene rings is 1. The van der Waals surface area contributed by atoms with E-state index in [1.54, 1.807) is 6.07 Å². The molecule has 120 valence electrons. The Hall–Kier alpha value is -0.940. The maximum Gasteiger partial charge on any atom is 0.223 e. The molecule has 3 N–H and O–H groups in total. The van der Waals surface area contributed by atoms with E-state index in [4.69, 9.17) is 5.73 Å². The molecule has 2 fully saturated rings. The molecule has 2 unspecified atom stereocenters. The molecular formula is C17H22BrFN2O. The van der Waals surface area contributed by atoms with E-state index in [0.717, 1.165) is 31.2 Å². The Morgan fingerprint density at radius 1 is 1.32 bits per heavy atom. The van der Waals surface area contributed by atoms with Crippen molar-refractivity contribution < 1.29 is 9.18 Å². The van der Waals surface area contributed by atoms with E-state index in [1.165, 1.54) is 12.5 Å². The zero-order valence-electron chi connectivity index (χ0n) is 12.5. The third-order valence-corrected chi connectivity index (χ3v) is 5.88. The van der Waals surface area contributed by atoms with Crippen LogP contribution in [0.25, 0.3) is 0 Å². The van der Waals surface area contributed by atoms with Crippen molar-refractivity contribution in [3.8, 4) is 0 Å². The van der Waals surface area contributed by atoms with Crippen molar-refractivity contribution in [1.82, 2.24) is 5.32 Å². The van der Waals surface area contributed by atoms with Gasteiger partial charge in [-0.05, 0) is 71.1 Å². The minimum Gasteiger partial charge on any atom is -0.352 e. The topological polar surface area (TPSA) is 55.1 Å². The third-order valence-electron chi connectivity index (χ3n) is 5.23. The highest BCUT2D eigenvalue weighted by Crippen LogP contribution is 2.41. The molecule has 2 aliphatic rings. The highest BCUT2D eigenvalue weighted by molar-refractivity contribution is 9.10. The zero-order chi connectivity index (χ0) is 15.7. The van der Waals surface area contributed by atoms with Gasteiger partial charge < -0.3 is 11.1 Å². The molecule has 0 aromatic heterocycles. The summed E-state index contributed by atoms with van der Waals surface area (Å²) in [4.78, 5) is 12.4. The Bertz CT molecular complexity index is 552. The van der Waals surface area contributed by atoms with Crippen LogP contribution < -0.4 is 11.1 Å². The molecule has 0 saturated heterocycles. The minimum atomic E-state index is -0.301. The number of nitrogens with two attached hydrogens (primary N) is 1. The fraction of sp³-hybridized carbons (Fsp3) is 0.588. The Balaban J connectivity index is 1.57. The lowest BCUT2D eigenvalue weighted by molar-refractivity contribution is -0.128. The molecule has 0 radical (unpaired) electrons. The Labute approximate surface area is 139 Å². The Morgan fingerprint density at radius 3 is 2.64 bits per heavy atom. The van der Waals surface area contributed by atoms with Crippen molar-refractivity contribution in [3.05, 3.63) is 34.1 Å². The lowest BCUT2D eigenvalue weighted by Gasteiger charge is -2.43. The monoisotopic (exact) mass is 368 g/mol. The van der Waals surface area contributed by atoms with Gasteiger partial charge in [0, 0.05) is 18.5 Å². The number of fused-ring (bicyclic) bond motifs is 2. The number of carbonyl (C=O) groups excluding carboxylic acids is 1. The van der Waals surface area contributed by atoms with Crippen LogP contribution in [0.1, 0.15) is 37.7 Å². The highest BCUT2D eigenvalue weighted by atomic mass is 79.9. The number of amides is 1. The van der Waals surface area contributed by atoms with Gasteiger partial charge in [0.1, 0.15) is 5.82 Å². The van der Waals surface area contributed by atoms with Crippen LogP contribution in [-0.4, -0.2) is 11.9 Å². The van der Waals surface area contributed by atoms with E-state index in [1.807, 2.05) is 6.07 Å². The molecule has 2 aliphatic carbocycles. The number of halogens is 2. The van der Waals surface area contributed by atoms with Crippen LogP contribution in [0.5, 0.6) is 0 Å². The van der Waals surface area contributed by atoms with Crippen molar-refractivity contribution in [2.45, 2.75) is 44.7 Å². The standard InChI is InChI=1S/C17H22BrFN2O/c18-14-5-4-10(6-15(14)19)9-21-17(22)13-7-11-2-1-3-12(8-13)16(11)20/h4-6,11-13,16H,1-3,7-9,20H2,(H,21,22). The van der Waals surface area contributed by atoms with Crippen molar-refractivity contribution in [2.75, 3.05) is 0 Å². The summed E-state index contributed by atoms with van der Waals surface area (Å²) in [5.74, 6) is 0.842. The summed E-state index contributed by atoms with van der Waals surface area (Å²) in [5, 5.41) is 2.96. The molecule has 1 aromatic carbocycles. The van der Waals surface area contributed by atoms with Crippen LogP contribution in [0.4, 0.5) is 4.39 Å². The molecule has 1 amide bonds. The van der Waals surface area contributed by atoms with E-state index in [9.17, 15) is 9.18 Å². The molecule has 1 aromatic rings. The van der Waals surface area contributed by atoms with Gasteiger partial charge >= 0.3 is 0 Å². The van der Waals surface area contributed by atoms with Gasteiger partial charge in [0.2, 0.25) is 5.91 Å². The van der Waals surface area contributed by atoms with E-state index < -0.39 is 0 Å². The average Bonchev–Trinajstić information content (AvgIpc) is 2.48. The molecule has 0 aliphatic heterocycles. The SMILES string of the molecule is NC1C2CCCC1CC(C(=O)NCc1ccc(Br)c(F)c1)C2.